The van der Waals surface area contributed by atoms with Crippen LogP contribution in [0.2, 0.25) is 0 Å². The van der Waals surface area contributed by atoms with Crippen molar-refractivity contribution >= 4 is 11.8 Å². The molecule has 1 aromatic heterocycles. The first kappa shape index (κ1) is 18.5. The van der Waals surface area contributed by atoms with Crippen molar-refractivity contribution in [3.63, 3.8) is 0 Å². The number of alkyl halides is 3. The number of halogens is 4. The lowest BCUT2D eigenvalue weighted by Crippen LogP contribution is -2.44. The van der Waals surface area contributed by atoms with Crippen LogP contribution in [0.3, 0.4) is 0 Å². The normalized spacial score (nSPS) is 12.5. The molecule has 1 heterocycles. The average molecular weight is 358 g/mol. The number of nitrogens with one attached hydrogen (secondary N) is 2. The highest BCUT2D eigenvalue weighted by Crippen LogP contribution is 2.32. The number of amides is 2. The molecule has 2 rings (SSSR count). The van der Waals surface area contributed by atoms with E-state index in [1.165, 1.54) is 25.5 Å². The van der Waals surface area contributed by atoms with E-state index in [1.807, 2.05) is 0 Å². The molecule has 9 heteroatoms. The van der Waals surface area contributed by atoms with Crippen LogP contribution in [-0.4, -0.2) is 17.9 Å². The lowest BCUT2D eigenvalue weighted by atomic mass is 10.1. The molecule has 0 spiro atoms. The first-order chi connectivity index (χ1) is 11.7. The van der Waals surface area contributed by atoms with Gasteiger partial charge in [-0.15, -0.1) is 0 Å². The number of furan rings is 1. The molecule has 5 nitrogen and oxygen atoms in total. The molecule has 0 saturated heterocycles. The molecule has 0 fully saturated rings. The zero-order valence-electron chi connectivity index (χ0n) is 13.0. The maximum atomic E-state index is 13.0. The third-order valence-electron chi connectivity index (χ3n) is 3.35. The number of carbonyl (C=O) groups excluding carboxylic acids is 2. The Kier molecular flexibility index (Phi) is 5.45. The van der Waals surface area contributed by atoms with Crippen LogP contribution >= 0.6 is 0 Å². The zero-order chi connectivity index (χ0) is 18.6. The fourth-order valence-corrected chi connectivity index (χ4v) is 2.04. The van der Waals surface area contributed by atoms with Crippen molar-refractivity contribution in [3.05, 3.63) is 59.3 Å². The third-order valence-corrected chi connectivity index (χ3v) is 3.35. The van der Waals surface area contributed by atoms with Gasteiger partial charge in [-0.05, 0) is 30.7 Å². The second-order valence-corrected chi connectivity index (χ2v) is 5.22. The lowest BCUT2D eigenvalue weighted by Gasteiger charge is -2.16. The Morgan fingerprint density at radius 3 is 2.56 bits per heavy atom. The van der Waals surface area contributed by atoms with Crippen molar-refractivity contribution in [2.24, 2.45) is 0 Å². The van der Waals surface area contributed by atoms with Crippen LogP contribution in [0.1, 0.15) is 28.4 Å². The Bertz CT molecular complexity index is 757. The van der Waals surface area contributed by atoms with Crippen molar-refractivity contribution < 1.29 is 31.6 Å². The van der Waals surface area contributed by atoms with Crippen molar-refractivity contribution in [3.8, 4) is 0 Å². The van der Waals surface area contributed by atoms with Crippen LogP contribution in [0, 0.1) is 5.82 Å². The standard InChI is InChI=1S/C16H14F4N2O3/c1-9(22-15(24)11-4-5-25-8-11)14(23)21-7-10-2-3-12(17)6-13(10)16(18,19)20/h2-6,8-9H,7H2,1H3,(H,21,23)(H,22,24). The van der Waals surface area contributed by atoms with Crippen molar-refractivity contribution in [2.45, 2.75) is 25.7 Å². The van der Waals surface area contributed by atoms with Gasteiger partial charge in [0, 0.05) is 6.54 Å². The molecule has 2 aromatic rings. The second kappa shape index (κ2) is 7.37. The van der Waals surface area contributed by atoms with Gasteiger partial charge in [-0.25, -0.2) is 4.39 Å². The Labute approximate surface area is 140 Å². The van der Waals surface area contributed by atoms with Crippen molar-refractivity contribution in [1.29, 1.82) is 0 Å². The van der Waals surface area contributed by atoms with E-state index in [4.69, 9.17) is 4.42 Å². The minimum Gasteiger partial charge on any atom is -0.472 e. The highest BCUT2D eigenvalue weighted by molar-refractivity contribution is 5.97. The number of carbonyl (C=O) groups is 2. The van der Waals surface area contributed by atoms with E-state index < -0.39 is 42.0 Å². The Morgan fingerprint density at radius 1 is 1.24 bits per heavy atom. The van der Waals surface area contributed by atoms with Gasteiger partial charge < -0.3 is 15.1 Å². The predicted molar refractivity (Wildman–Crippen MR) is 78.9 cm³/mol. The largest absolute Gasteiger partial charge is 0.472 e. The van der Waals surface area contributed by atoms with Gasteiger partial charge in [0.2, 0.25) is 5.91 Å². The molecule has 0 aliphatic rings. The summed E-state index contributed by atoms with van der Waals surface area (Å²) in [6.45, 7) is 0.919. The van der Waals surface area contributed by atoms with E-state index >= 15 is 0 Å². The smallest absolute Gasteiger partial charge is 0.416 e. The van der Waals surface area contributed by atoms with E-state index in [0.29, 0.717) is 6.07 Å². The van der Waals surface area contributed by atoms with E-state index in [-0.39, 0.29) is 11.1 Å². The molecule has 2 N–H and O–H groups in total. The molecule has 1 unspecified atom stereocenters. The molecule has 134 valence electrons. The monoisotopic (exact) mass is 358 g/mol. The fraction of sp³-hybridized carbons (Fsp3) is 0.250. The van der Waals surface area contributed by atoms with E-state index in [2.05, 4.69) is 10.6 Å². The third kappa shape index (κ3) is 4.82. The molecule has 25 heavy (non-hydrogen) atoms. The molecule has 0 bridgehead atoms. The highest BCUT2D eigenvalue weighted by Gasteiger charge is 2.33. The number of hydrogen-bond donors (Lipinski definition) is 2. The first-order valence-corrected chi connectivity index (χ1v) is 7.15. The van der Waals surface area contributed by atoms with Crippen LogP contribution in [0.5, 0.6) is 0 Å². The van der Waals surface area contributed by atoms with Gasteiger partial charge in [0.25, 0.3) is 5.91 Å². The van der Waals surface area contributed by atoms with Crippen LogP contribution in [-0.2, 0) is 17.5 Å². The van der Waals surface area contributed by atoms with Gasteiger partial charge >= 0.3 is 6.18 Å². The maximum absolute atomic E-state index is 13.0. The lowest BCUT2D eigenvalue weighted by molar-refractivity contribution is -0.138. The Hall–Kier alpha value is -2.84. The quantitative estimate of drug-likeness (QED) is 0.808. The van der Waals surface area contributed by atoms with Gasteiger partial charge in [-0.2, -0.15) is 13.2 Å². The van der Waals surface area contributed by atoms with E-state index in [1.54, 1.807) is 0 Å². The summed E-state index contributed by atoms with van der Waals surface area (Å²) >= 11 is 0. The average Bonchev–Trinajstić information content (AvgIpc) is 3.06. The summed E-state index contributed by atoms with van der Waals surface area (Å²) < 4.78 is 56.5. The molecular weight excluding hydrogens is 344 g/mol. The zero-order valence-corrected chi connectivity index (χ0v) is 13.0. The van der Waals surface area contributed by atoms with Gasteiger partial charge in [0.15, 0.2) is 0 Å². The van der Waals surface area contributed by atoms with Gasteiger partial charge in [-0.3, -0.25) is 9.59 Å². The van der Waals surface area contributed by atoms with Crippen LogP contribution in [0.4, 0.5) is 17.6 Å². The summed E-state index contributed by atoms with van der Waals surface area (Å²) in [5, 5.41) is 4.66. The molecule has 0 aliphatic heterocycles. The highest BCUT2D eigenvalue weighted by atomic mass is 19.4. The molecule has 2 amide bonds. The van der Waals surface area contributed by atoms with Crippen LogP contribution < -0.4 is 10.6 Å². The second-order valence-electron chi connectivity index (χ2n) is 5.22. The van der Waals surface area contributed by atoms with Crippen LogP contribution in [0.25, 0.3) is 0 Å². The van der Waals surface area contributed by atoms with Crippen LogP contribution in [0.15, 0.2) is 41.2 Å². The summed E-state index contributed by atoms with van der Waals surface area (Å²) in [6.07, 6.45) is -2.27. The molecule has 0 saturated carbocycles. The number of hydrogen-bond acceptors (Lipinski definition) is 3. The molecular formula is C16H14F4N2O3. The van der Waals surface area contributed by atoms with Gasteiger partial charge in [0.05, 0.1) is 17.4 Å². The fourth-order valence-electron chi connectivity index (χ4n) is 2.04. The summed E-state index contributed by atoms with van der Waals surface area (Å²) in [5.41, 5.74) is -1.24. The van der Waals surface area contributed by atoms with E-state index in [9.17, 15) is 27.2 Å². The van der Waals surface area contributed by atoms with Crippen molar-refractivity contribution in [1.82, 2.24) is 10.6 Å². The molecule has 1 atom stereocenters. The summed E-state index contributed by atoms with van der Waals surface area (Å²) in [6, 6.07) is 2.60. The van der Waals surface area contributed by atoms with Gasteiger partial charge in [-0.1, -0.05) is 6.07 Å². The predicted octanol–water partition coefficient (Wildman–Crippen LogP) is 2.87. The minimum absolute atomic E-state index is 0.206. The Morgan fingerprint density at radius 2 is 1.96 bits per heavy atom. The van der Waals surface area contributed by atoms with E-state index in [0.717, 1.165) is 12.1 Å². The summed E-state index contributed by atoms with van der Waals surface area (Å²) in [5.74, 6) is -2.27. The van der Waals surface area contributed by atoms with Crippen molar-refractivity contribution in [2.75, 3.05) is 0 Å². The molecule has 0 aliphatic carbocycles. The molecule has 1 aromatic carbocycles. The maximum Gasteiger partial charge on any atom is 0.416 e. The minimum atomic E-state index is -4.75. The topological polar surface area (TPSA) is 71.3 Å². The Balaban J connectivity index is 1.99. The SMILES string of the molecule is CC(NC(=O)c1ccoc1)C(=O)NCc1ccc(F)cc1C(F)(F)F. The summed E-state index contributed by atoms with van der Waals surface area (Å²) in [7, 11) is 0. The molecule has 0 radical (unpaired) electrons. The first-order valence-electron chi connectivity index (χ1n) is 7.15. The number of benzene rings is 1. The number of rotatable bonds is 5. The summed E-state index contributed by atoms with van der Waals surface area (Å²) in [4.78, 5) is 23.7. The van der Waals surface area contributed by atoms with Gasteiger partial charge in [0.1, 0.15) is 18.1 Å².